The second-order valence-corrected chi connectivity index (χ2v) is 13.0. The Balaban J connectivity index is 1.71. The fourth-order valence-corrected chi connectivity index (χ4v) is 6.86. The highest BCUT2D eigenvalue weighted by atomic mass is 35.5. The summed E-state index contributed by atoms with van der Waals surface area (Å²) in [6.07, 6.45) is 5.13. The van der Waals surface area contributed by atoms with E-state index in [0.29, 0.717) is 16.3 Å². The lowest BCUT2D eigenvalue weighted by Crippen LogP contribution is -2.53. The Morgan fingerprint density at radius 1 is 0.927 bits per heavy atom. The highest BCUT2D eigenvalue weighted by Gasteiger charge is 2.34. The number of carbonyl (C=O) groups is 2. The second kappa shape index (κ2) is 13.5. The quantitative estimate of drug-likeness (QED) is 0.311. The van der Waals surface area contributed by atoms with Gasteiger partial charge in [-0.1, -0.05) is 79.4 Å². The first-order valence-corrected chi connectivity index (χ1v) is 15.9. The molecule has 1 aliphatic carbocycles. The smallest absolute Gasteiger partial charge is 0.264 e. The van der Waals surface area contributed by atoms with Crippen molar-refractivity contribution in [3.8, 4) is 0 Å². The van der Waals surface area contributed by atoms with Crippen molar-refractivity contribution >= 4 is 39.1 Å². The molecule has 1 aliphatic rings. The van der Waals surface area contributed by atoms with Gasteiger partial charge in [-0.3, -0.25) is 13.9 Å². The SMILES string of the molecule is Cc1ccccc1CN(C(=O)CN(c1cc(Cl)ccc1C)S(=O)(=O)c1ccccc1)[C@H](C)C(=O)NC1CCCCC1. The van der Waals surface area contributed by atoms with Gasteiger partial charge in [-0.2, -0.15) is 0 Å². The monoisotopic (exact) mass is 595 g/mol. The molecule has 1 fully saturated rings. The first-order valence-electron chi connectivity index (χ1n) is 14.1. The first-order chi connectivity index (χ1) is 19.6. The average Bonchev–Trinajstić information content (AvgIpc) is 2.97. The van der Waals surface area contributed by atoms with E-state index in [0.717, 1.165) is 47.5 Å². The maximum absolute atomic E-state index is 14.2. The molecular formula is C32H38ClN3O4S. The lowest BCUT2D eigenvalue weighted by molar-refractivity contribution is -0.139. The number of hydrogen-bond donors (Lipinski definition) is 1. The summed E-state index contributed by atoms with van der Waals surface area (Å²) >= 11 is 6.30. The van der Waals surface area contributed by atoms with Crippen molar-refractivity contribution < 1.29 is 18.0 Å². The fourth-order valence-electron chi connectivity index (χ4n) is 5.21. The molecule has 3 aromatic carbocycles. The number of aryl methyl sites for hydroxylation is 2. The van der Waals surface area contributed by atoms with Gasteiger partial charge >= 0.3 is 0 Å². The van der Waals surface area contributed by atoms with E-state index in [9.17, 15) is 18.0 Å². The molecule has 218 valence electrons. The van der Waals surface area contributed by atoms with E-state index in [1.165, 1.54) is 17.0 Å². The molecule has 1 saturated carbocycles. The summed E-state index contributed by atoms with van der Waals surface area (Å²) in [5.41, 5.74) is 2.82. The molecule has 0 heterocycles. The van der Waals surface area contributed by atoms with Crippen molar-refractivity contribution in [1.82, 2.24) is 10.2 Å². The number of rotatable bonds is 10. The van der Waals surface area contributed by atoms with Crippen LogP contribution >= 0.6 is 11.6 Å². The van der Waals surface area contributed by atoms with Gasteiger partial charge in [-0.25, -0.2) is 8.42 Å². The molecule has 1 atom stereocenters. The molecule has 0 radical (unpaired) electrons. The van der Waals surface area contributed by atoms with Crippen molar-refractivity contribution in [3.63, 3.8) is 0 Å². The van der Waals surface area contributed by atoms with Gasteiger partial charge in [-0.15, -0.1) is 0 Å². The Morgan fingerprint density at radius 2 is 1.59 bits per heavy atom. The summed E-state index contributed by atoms with van der Waals surface area (Å²) in [7, 11) is -4.14. The number of anilines is 1. The van der Waals surface area contributed by atoms with Gasteiger partial charge in [0.05, 0.1) is 10.6 Å². The predicted molar refractivity (Wildman–Crippen MR) is 163 cm³/mol. The van der Waals surface area contributed by atoms with Crippen molar-refractivity contribution in [1.29, 1.82) is 0 Å². The number of nitrogens with one attached hydrogen (secondary N) is 1. The van der Waals surface area contributed by atoms with Crippen LogP contribution in [-0.2, 0) is 26.2 Å². The standard InChI is InChI=1S/C32H38ClN3O4S/c1-23-12-10-11-13-26(23)21-35(25(3)32(38)34-28-14-6-4-7-15-28)31(37)22-36(30-20-27(33)19-18-24(30)2)41(39,40)29-16-8-5-9-17-29/h5,8-13,16-20,25,28H,4,6-7,14-15,21-22H2,1-3H3,(H,34,38)/t25-/m1/s1. The van der Waals surface area contributed by atoms with E-state index in [1.807, 2.05) is 31.2 Å². The van der Waals surface area contributed by atoms with E-state index in [4.69, 9.17) is 11.6 Å². The van der Waals surface area contributed by atoms with Gasteiger partial charge in [-0.05, 0) is 74.6 Å². The largest absolute Gasteiger partial charge is 0.352 e. The van der Waals surface area contributed by atoms with E-state index in [2.05, 4.69) is 5.32 Å². The summed E-state index contributed by atoms with van der Waals surface area (Å²) in [5, 5.41) is 3.48. The Labute approximate surface area is 248 Å². The molecule has 3 aromatic rings. The lowest BCUT2D eigenvalue weighted by Gasteiger charge is -2.34. The van der Waals surface area contributed by atoms with Crippen molar-refractivity contribution in [3.05, 3.63) is 94.5 Å². The van der Waals surface area contributed by atoms with Crippen LogP contribution < -0.4 is 9.62 Å². The minimum Gasteiger partial charge on any atom is -0.352 e. The van der Waals surface area contributed by atoms with Crippen LogP contribution in [0.1, 0.15) is 55.7 Å². The van der Waals surface area contributed by atoms with Crippen molar-refractivity contribution in [2.24, 2.45) is 0 Å². The number of amides is 2. The van der Waals surface area contributed by atoms with Crippen LogP contribution in [0.15, 0.2) is 77.7 Å². The minimum absolute atomic E-state index is 0.0562. The normalized spacial score (nSPS) is 14.7. The lowest BCUT2D eigenvalue weighted by atomic mass is 9.95. The second-order valence-electron chi connectivity index (χ2n) is 10.7. The van der Waals surface area contributed by atoms with Crippen LogP contribution in [0.5, 0.6) is 0 Å². The van der Waals surface area contributed by atoms with Crippen molar-refractivity contribution in [2.75, 3.05) is 10.8 Å². The van der Waals surface area contributed by atoms with Gasteiger partial charge < -0.3 is 10.2 Å². The van der Waals surface area contributed by atoms with Crippen LogP contribution in [0.4, 0.5) is 5.69 Å². The fraction of sp³-hybridized carbons (Fsp3) is 0.375. The van der Waals surface area contributed by atoms with Gasteiger partial charge in [0.25, 0.3) is 10.0 Å². The number of nitrogens with zero attached hydrogens (tertiary/aromatic N) is 2. The average molecular weight is 596 g/mol. The molecule has 0 unspecified atom stereocenters. The zero-order valence-electron chi connectivity index (χ0n) is 23.8. The van der Waals surface area contributed by atoms with Crippen LogP contribution in [0, 0.1) is 13.8 Å². The Kier molecular flexibility index (Phi) is 10.1. The third kappa shape index (κ3) is 7.49. The van der Waals surface area contributed by atoms with Crippen LogP contribution in [0.2, 0.25) is 5.02 Å². The molecule has 1 N–H and O–H groups in total. The number of sulfonamides is 1. The van der Waals surface area contributed by atoms with Gasteiger partial charge in [0.15, 0.2) is 0 Å². The molecule has 9 heteroatoms. The number of hydrogen-bond acceptors (Lipinski definition) is 4. The number of halogens is 1. The van der Waals surface area contributed by atoms with E-state index in [1.54, 1.807) is 50.2 Å². The molecule has 0 aliphatic heterocycles. The van der Waals surface area contributed by atoms with E-state index >= 15 is 0 Å². The molecule has 41 heavy (non-hydrogen) atoms. The molecular weight excluding hydrogens is 558 g/mol. The third-order valence-corrected chi connectivity index (χ3v) is 9.78. The molecule has 4 rings (SSSR count). The highest BCUT2D eigenvalue weighted by molar-refractivity contribution is 7.92. The predicted octanol–water partition coefficient (Wildman–Crippen LogP) is 6.02. The molecule has 7 nitrogen and oxygen atoms in total. The zero-order valence-corrected chi connectivity index (χ0v) is 25.4. The highest BCUT2D eigenvalue weighted by Crippen LogP contribution is 2.30. The molecule has 0 saturated heterocycles. The molecule has 0 aromatic heterocycles. The summed E-state index contributed by atoms with van der Waals surface area (Å²) in [6.45, 7) is 5.10. The summed E-state index contributed by atoms with van der Waals surface area (Å²) in [4.78, 5) is 29.1. The first kappa shape index (κ1) is 30.6. The number of carbonyl (C=O) groups excluding carboxylic acids is 2. The minimum atomic E-state index is -4.14. The molecule has 2 amide bonds. The maximum atomic E-state index is 14.2. The van der Waals surface area contributed by atoms with Crippen LogP contribution in [0.25, 0.3) is 0 Å². The van der Waals surface area contributed by atoms with E-state index in [-0.39, 0.29) is 23.4 Å². The summed E-state index contributed by atoms with van der Waals surface area (Å²) < 4.78 is 29.0. The van der Waals surface area contributed by atoms with Crippen LogP contribution in [-0.4, -0.2) is 43.8 Å². The van der Waals surface area contributed by atoms with E-state index < -0.39 is 28.5 Å². The topological polar surface area (TPSA) is 86.8 Å². The maximum Gasteiger partial charge on any atom is 0.264 e. The van der Waals surface area contributed by atoms with Gasteiger partial charge in [0.1, 0.15) is 12.6 Å². The Bertz CT molecular complexity index is 1470. The van der Waals surface area contributed by atoms with Gasteiger partial charge in [0.2, 0.25) is 11.8 Å². The zero-order chi connectivity index (χ0) is 29.6. The Hall–Kier alpha value is -3.36. The van der Waals surface area contributed by atoms with Gasteiger partial charge in [0, 0.05) is 17.6 Å². The number of benzene rings is 3. The third-order valence-electron chi connectivity index (χ3n) is 7.77. The summed E-state index contributed by atoms with van der Waals surface area (Å²) in [5.74, 6) is -0.728. The van der Waals surface area contributed by atoms with Crippen molar-refractivity contribution in [2.45, 2.75) is 76.4 Å². The molecule has 0 spiro atoms. The molecule has 0 bridgehead atoms. The summed E-state index contributed by atoms with van der Waals surface area (Å²) in [6, 6.07) is 19.9. The Morgan fingerprint density at radius 3 is 2.27 bits per heavy atom. The van der Waals surface area contributed by atoms with Crippen LogP contribution in [0.3, 0.4) is 0 Å².